The molecule has 0 aromatic heterocycles. The molecule has 0 spiro atoms. The van der Waals surface area contributed by atoms with Crippen molar-refractivity contribution >= 4 is 15.9 Å². The predicted octanol–water partition coefficient (Wildman–Crippen LogP) is 4.38. The minimum absolute atomic E-state index is 0.171. The SMILES string of the molecule is CCC(C)Oc1c(Br)cc(CNCC(C)C)cc1OC. The summed E-state index contributed by atoms with van der Waals surface area (Å²) in [6, 6.07) is 4.13. The molecule has 20 heavy (non-hydrogen) atoms. The fourth-order valence-corrected chi connectivity index (χ4v) is 2.36. The summed E-state index contributed by atoms with van der Waals surface area (Å²) in [5.41, 5.74) is 1.19. The maximum atomic E-state index is 5.92. The van der Waals surface area contributed by atoms with Crippen LogP contribution in [0.15, 0.2) is 16.6 Å². The second kappa shape index (κ2) is 8.53. The lowest BCUT2D eigenvalue weighted by molar-refractivity contribution is 0.206. The first-order valence-corrected chi connectivity index (χ1v) is 8.01. The molecule has 1 rings (SSSR count). The Morgan fingerprint density at radius 2 is 1.95 bits per heavy atom. The summed E-state index contributed by atoms with van der Waals surface area (Å²) in [4.78, 5) is 0. The van der Waals surface area contributed by atoms with Crippen LogP contribution in [0.1, 0.15) is 39.7 Å². The van der Waals surface area contributed by atoms with Crippen LogP contribution >= 0.6 is 15.9 Å². The Morgan fingerprint density at radius 1 is 1.25 bits per heavy atom. The predicted molar refractivity (Wildman–Crippen MR) is 87.6 cm³/mol. The number of hydrogen-bond acceptors (Lipinski definition) is 3. The zero-order valence-electron chi connectivity index (χ0n) is 13.1. The van der Waals surface area contributed by atoms with Crippen LogP contribution in [0, 0.1) is 5.92 Å². The van der Waals surface area contributed by atoms with Gasteiger partial charge in [0, 0.05) is 6.54 Å². The van der Waals surface area contributed by atoms with Crippen molar-refractivity contribution < 1.29 is 9.47 Å². The molecule has 0 aliphatic heterocycles. The molecule has 0 aliphatic carbocycles. The maximum absolute atomic E-state index is 5.92. The molecular formula is C16H26BrNO2. The third-order valence-corrected chi connectivity index (χ3v) is 3.65. The van der Waals surface area contributed by atoms with Crippen LogP contribution in [0.3, 0.4) is 0 Å². The Hall–Kier alpha value is -0.740. The molecule has 0 saturated carbocycles. The molecule has 0 radical (unpaired) electrons. The van der Waals surface area contributed by atoms with E-state index in [0.29, 0.717) is 5.92 Å². The van der Waals surface area contributed by atoms with Gasteiger partial charge in [-0.2, -0.15) is 0 Å². The number of nitrogens with one attached hydrogen (secondary N) is 1. The van der Waals surface area contributed by atoms with E-state index in [4.69, 9.17) is 9.47 Å². The van der Waals surface area contributed by atoms with Gasteiger partial charge in [0.05, 0.1) is 17.7 Å². The van der Waals surface area contributed by atoms with Crippen molar-refractivity contribution in [3.8, 4) is 11.5 Å². The summed E-state index contributed by atoms with van der Waals surface area (Å²) in [6.07, 6.45) is 1.14. The number of methoxy groups -OCH3 is 1. The Kier molecular flexibility index (Phi) is 7.38. The first-order chi connectivity index (χ1) is 9.47. The van der Waals surface area contributed by atoms with Crippen molar-refractivity contribution in [3.05, 3.63) is 22.2 Å². The minimum atomic E-state index is 0.171. The highest BCUT2D eigenvalue weighted by Gasteiger charge is 2.14. The molecule has 1 N–H and O–H groups in total. The van der Waals surface area contributed by atoms with Crippen molar-refractivity contribution in [2.75, 3.05) is 13.7 Å². The molecule has 1 unspecified atom stereocenters. The monoisotopic (exact) mass is 343 g/mol. The van der Waals surface area contributed by atoms with E-state index in [1.807, 2.05) is 6.07 Å². The van der Waals surface area contributed by atoms with Gasteiger partial charge in [0.25, 0.3) is 0 Å². The van der Waals surface area contributed by atoms with E-state index < -0.39 is 0 Å². The van der Waals surface area contributed by atoms with E-state index >= 15 is 0 Å². The number of hydrogen-bond donors (Lipinski definition) is 1. The molecule has 3 nitrogen and oxygen atoms in total. The summed E-state index contributed by atoms with van der Waals surface area (Å²) in [5.74, 6) is 2.21. The Labute approximate surface area is 131 Å². The molecule has 1 aromatic rings. The molecule has 4 heteroatoms. The van der Waals surface area contributed by atoms with Crippen LogP contribution in [0.25, 0.3) is 0 Å². The van der Waals surface area contributed by atoms with Gasteiger partial charge in [-0.25, -0.2) is 0 Å². The Bertz CT molecular complexity index is 421. The smallest absolute Gasteiger partial charge is 0.175 e. The number of ether oxygens (including phenoxy) is 2. The van der Waals surface area contributed by atoms with Gasteiger partial charge in [-0.3, -0.25) is 0 Å². The van der Waals surface area contributed by atoms with Gasteiger partial charge in [0.2, 0.25) is 0 Å². The van der Waals surface area contributed by atoms with Crippen molar-refractivity contribution in [1.29, 1.82) is 0 Å². The lowest BCUT2D eigenvalue weighted by atomic mass is 10.1. The summed E-state index contributed by atoms with van der Waals surface area (Å²) in [7, 11) is 1.68. The molecule has 0 saturated heterocycles. The summed E-state index contributed by atoms with van der Waals surface area (Å²) >= 11 is 3.58. The van der Waals surface area contributed by atoms with E-state index in [1.165, 1.54) is 5.56 Å². The largest absolute Gasteiger partial charge is 0.493 e. The molecule has 0 bridgehead atoms. The lowest BCUT2D eigenvalue weighted by Gasteiger charge is -2.18. The average Bonchev–Trinajstić information content (AvgIpc) is 2.40. The third kappa shape index (κ3) is 5.33. The van der Waals surface area contributed by atoms with E-state index in [2.05, 4.69) is 55.0 Å². The van der Waals surface area contributed by atoms with E-state index in [1.54, 1.807) is 7.11 Å². The molecule has 0 fully saturated rings. The van der Waals surface area contributed by atoms with Gasteiger partial charge in [-0.1, -0.05) is 20.8 Å². The van der Waals surface area contributed by atoms with Crippen molar-refractivity contribution in [3.63, 3.8) is 0 Å². The second-order valence-electron chi connectivity index (χ2n) is 5.47. The van der Waals surface area contributed by atoms with Crippen LogP contribution in [-0.2, 0) is 6.54 Å². The molecule has 1 aromatic carbocycles. The number of benzene rings is 1. The topological polar surface area (TPSA) is 30.5 Å². The Balaban J connectivity index is 2.83. The molecule has 0 aliphatic rings. The van der Waals surface area contributed by atoms with E-state index in [9.17, 15) is 0 Å². The van der Waals surface area contributed by atoms with Crippen molar-refractivity contribution in [1.82, 2.24) is 5.32 Å². The highest BCUT2D eigenvalue weighted by Crippen LogP contribution is 2.37. The number of halogens is 1. The van der Waals surface area contributed by atoms with Crippen molar-refractivity contribution in [2.24, 2.45) is 5.92 Å². The molecule has 0 amide bonds. The highest BCUT2D eigenvalue weighted by atomic mass is 79.9. The van der Waals surface area contributed by atoms with Crippen LogP contribution in [0.4, 0.5) is 0 Å². The van der Waals surface area contributed by atoms with Crippen LogP contribution < -0.4 is 14.8 Å². The van der Waals surface area contributed by atoms with Gasteiger partial charge in [0.1, 0.15) is 0 Å². The zero-order valence-corrected chi connectivity index (χ0v) is 14.7. The third-order valence-electron chi connectivity index (χ3n) is 3.06. The minimum Gasteiger partial charge on any atom is -0.493 e. The summed E-state index contributed by atoms with van der Waals surface area (Å²) in [5, 5.41) is 3.43. The van der Waals surface area contributed by atoms with Gasteiger partial charge in [0.15, 0.2) is 11.5 Å². The van der Waals surface area contributed by atoms with Gasteiger partial charge in [-0.15, -0.1) is 0 Å². The Morgan fingerprint density at radius 3 is 2.50 bits per heavy atom. The average molecular weight is 344 g/mol. The quantitative estimate of drug-likeness (QED) is 0.759. The first-order valence-electron chi connectivity index (χ1n) is 7.21. The van der Waals surface area contributed by atoms with E-state index in [-0.39, 0.29) is 6.10 Å². The number of rotatable bonds is 8. The first kappa shape index (κ1) is 17.3. The fourth-order valence-electron chi connectivity index (χ4n) is 1.78. The van der Waals surface area contributed by atoms with Crippen LogP contribution in [-0.4, -0.2) is 19.8 Å². The van der Waals surface area contributed by atoms with Crippen LogP contribution in [0.5, 0.6) is 11.5 Å². The molecule has 0 heterocycles. The van der Waals surface area contributed by atoms with Crippen LogP contribution in [0.2, 0.25) is 0 Å². The maximum Gasteiger partial charge on any atom is 0.175 e. The fraction of sp³-hybridized carbons (Fsp3) is 0.625. The molecular weight excluding hydrogens is 318 g/mol. The van der Waals surface area contributed by atoms with Gasteiger partial charge in [-0.05, 0) is 59.4 Å². The zero-order chi connectivity index (χ0) is 15.1. The molecule has 1 atom stereocenters. The molecule has 114 valence electrons. The van der Waals surface area contributed by atoms with E-state index in [0.717, 1.165) is 35.5 Å². The van der Waals surface area contributed by atoms with Gasteiger partial charge >= 0.3 is 0 Å². The lowest BCUT2D eigenvalue weighted by Crippen LogP contribution is -2.19. The van der Waals surface area contributed by atoms with Crippen molar-refractivity contribution in [2.45, 2.75) is 46.8 Å². The second-order valence-corrected chi connectivity index (χ2v) is 6.32. The summed E-state index contributed by atoms with van der Waals surface area (Å²) in [6.45, 7) is 10.4. The normalized spacial score (nSPS) is 12.6. The summed E-state index contributed by atoms with van der Waals surface area (Å²) < 4.78 is 12.3. The van der Waals surface area contributed by atoms with Gasteiger partial charge < -0.3 is 14.8 Å². The highest BCUT2D eigenvalue weighted by molar-refractivity contribution is 9.10. The standard InChI is InChI=1S/C16H26BrNO2/c1-6-12(4)20-16-14(17)7-13(8-15(16)19-5)10-18-9-11(2)3/h7-8,11-12,18H,6,9-10H2,1-5H3.